The van der Waals surface area contributed by atoms with Crippen LogP contribution in [0.4, 0.5) is 5.69 Å². The van der Waals surface area contributed by atoms with E-state index >= 15 is 0 Å². The normalized spacial score (nSPS) is 31.4. The Morgan fingerprint density at radius 1 is 0.969 bits per heavy atom. The van der Waals surface area contributed by atoms with Crippen LogP contribution in [-0.2, 0) is 20.9 Å². The fourth-order valence-corrected chi connectivity index (χ4v) is 6.96. The Morgan fingerprint density at radius 3 is 2.22 bits per heavy atom. The van der Waals surface area contributed by atoms with E-state index in [1.807, 2.05) is 12.1 Å². The summed E-state index contributed by atoms with van der Waals surface area (Å²) in [4.78, 5) is 27.7. The number of nitrogens with one attached hydrogen (secondary N) is 2. The minimum Gasteiger partial charge on any atom is -0.379 e. The van der Waals surface area contributed by atoms with Crippen molar-refractivity contribution in [3.63, 3.8) is 0 Å². The van der Waals surface area contributed by atoms with Gasteiger partial charge in [0.15, 0.2) is 0 Å². The molecule has 0 radical (unpaired) electrons. The van der Waals surface area contributed by atoms with Crippen molar-refractivity contribution in [2.75, 3.05) is 38.2 Å². The van der Waals surface area contributed by atoms with Crippen LogP contribution in [0.1, 0.15) is 56.9 Å². The lowest BCUT2D eigenvalue weighted by Crippen LogP contribution is -2.53. The number of carbonyl (C=O) groups excluding carboxylic acids is 2. The van der Waals surface area contributed by atoms with E-state index in [0.717, 1.165) is 75.6 Å². The van der Waals surface area contributed by atoms with Crippen LogP contribution in [0.2, 0.25) is 0 Å². The van der Waals surface area contributed by atoms with Gasteiger partial charge >= 0.3 is 0 Å². The third kappa shape index (κ3) is 5.01. The molecule has 174 valence electrons. The van der Waals surface area contributed by atoms with Crippen LogP contribution in [0.5, 0.6) is 0 Å². The number of carbonyl (C=O) groups is 2. The van der Waals surface area contributed by atoms with E-state index in [1.54, 1.807) is 0 Å². The fourth-order valence-electron chi connectivity index (χ4n) is 6.96. The zero-order valence-electron chi connectivity index (χ0n) is 19.1. The summed E-state index contributed by atoms with van der Waals surface area (Å²) in [7, 11) is 0. The van der Waals surface area contributed by atoms with E-state index in [9.17, 15) is 9.59 Å². The Hall–Kier alpha value is -1.92. The minimum atomic E-state index is -0.0972. The average molecular weight is 440 g/mol. The van der Waals surface area contributed by atoms with Crippen molar-refractivity contribution in [1.29, 1.82) is 0 Å². The molecule has 1 aromatic carbocycles. The summed E-state index contributed by atoms with van der Waals surface area (Å²) in [5.74, 6) is 2.59. The Bertz CT molecular complexity index is 781. The first-order valence-electron chi connectivity index (χ1n) is 12.6. The predicted molar refractivity (Wildman–Crippen MR) is 124 cm³/mol. The molecular weight excluding hydrogens is 402 g/mol. The van der Waals surface area contributed by atoms with E-state index in [0.29, 0.717) is 19.4 Å². The number of rotatable bonds is 8. The molecule has 1 heterocycles. The summed E-state index contributed by atoms with van der Waals surface area (Å²) >= 11 is 0. The maximum absolute atomic E-state index is 13.0. The number of anilines is 1. The molecular formula is C26H37N3O3. The van der Waals surface area contributed by atoms with Gasteiger partial charge in [0.05, 0.1) is 13.2 Å². The van der Waals surface area contributed by atoms with Gasteiger partial charge in [-0.2, -0.15) is 0 Å². The van der Waals surface area contributed by atoms with Gasteiger partial charge in [0.1, 0.15) is 0 Å². The molecule has 0 spiro atoms. The molecule has 32 heavy (non-hydrogen) atoms. The second-order valence-corrected chi connectivity index (χ2v) is 10.7. The zero-order valence-corrected chi connectivity index (χ0v) is 19.1. The lowest BCUT2D eigenvalue weighted by Gasteiger charge is -2.55. The highest BCUT2D eigenvalue weighted by molar-refractivity contribution is 5.90. The molecule has 1 saturated heterocycles. The molecule has 5 aliphatic rings. The molecule has 4 aliphatic carbocycles. The number of morpholine rings is 1. The first-order valence-corrected chi connectivity index (χ1v) is 12.6. The molecule has 0 aromatic heterocycles. The second kappa shape index (κ2) is 9.52. The monoisotopic (exact) mass is 439 g/mol. The molecule has 6 heteroatoms. The summed E-state index contributed by atoms with van der Waals surface area (Å²) in [5.41, 5.74) is 1.98. The van der Waals surface area contributed by atoms with E-state index in [2.05, 4.69) is 27.7 Å². The number of benzene rings is 1. The van der Waals surface area contributed by atoms with Crippen LogP contribution in [-0.4, -0.2) is 49.6 Å². The Morgan fingerprint density at radius 2 is 1.59 bits per heavy atom. The molecule has 4 saturated carbocycles. The number of amides is 2. The van der Waals surface area contributed by atoms with Crippen molar-refractivity contribution < 1.29 is 14.3 Å². The number of hydrogen-bond acceptors (Lipinski definition) is 4. The van der Waals surface area contributed by atoms with Crippen molar-refractivity contribution >= 4 is 17.5 Å². The van der Waals surface area contributed by atoms with Gasteiger partial charge in [-0.25, -0.2) is 0 Å². The molecule has 1 aromatic rings. The van der Waals surface area contributed by atoms with Crippen molar-refractivity contribution in [3.05, 3.63) is 29.8 Å². The maximum Gasteiger partial charge on any atom is 0.226 e. The largest absolute Gasteiger partial charge is 0.379 e. The quantitative estimate of drug-likeness (QED) is 0.608. The summed E-state index contributed by atoms with van der Waals surface area (Å²) in [6.07, 6.45) is 8.42. The van der Waals surface area contributed by atoms with Gasteiger partial charge in [0.2, 0.25) is 11.8 Å². The molecule has 5 fully saturated rings. The molecule has 6 nitrogen and oxygen atoms in total. The lowest BCUT2D eigenvalue weighted by molar-refractivity contribution is -0.146. The standard InChI is InChI=1S/C26H37N3O3/c30-24(28-23-5-3-19(4-6-23)18-29-8-10-32-11-9-29)2-1-7-27-25(31)26-15-20-12-21(16-26)14-22(13-20)17-26/h3-6,20-22H,1-2,7-18H2,(H,27,31)(H,28,30). The highest BCUT2D eigenvalue weighted by Gasteiger charge is 2.54. The minimum absolute atomic E-state index is 0.00924. The summed E-state index contributed by atoms with van der Waals surface area (Å²) in [6.45, 7) is 5.05. The molecule has 6 rings (SSSR count). The van der Waals surface area contributed by atoms with E-state index in [1.165, 1.54) is 24.8 Å². The number of hydrogen-bond donors (Lipinski definition) is 2. The van der Waals surface area contributed by atoms with Gasteiger partial charge < -0.3 is 15.4 Å². The molecule has 4 bridgehead atoms. The smallest absolute Gasteiger partial charge is 0.226 e. The fraction of sp³-hybridized carbons (Fsp3) is 0.692. The third-order valence-corrected chi connectivity index (χ3v) is 8.13. The van der Waals surface area contributed by atoms with E-state index < -0.39 is 0 Å². The third-order valence-electron chi connectivity index (χ3n) is 8.13. The van der Waals surface area contributed by atoms with Crippen LogP contribution in [0.25, 0.3) is 0 Å². The number of ether oxygens (including phenoxy) is 1. The van der Waals surface area contributed by atoms with Crippen molar-refractivity contribution in [1.82, 2.24) is 10.2 Å². The van der Waals surface area contributed by atoms with E-state index in [-0.39, 0.29) is 17.2 Å². The Labute approximate surface area is 191 Å². The van der Waals surface area contributed by atoms with Gasteiger partial charge in [0, 0.05) is 43.7 Å². The first-order chi connectivity index (χ1) is 15.6. The van der Waals surface area contributed by atoms with Crippen molar-refractivity contribution in [3.8, 4) is 0 Å². The summed E-state index contributed by atoms with van der Waals surface area (Å²) in [5, 5.41) is 6.16. The predicted octanol–water partition coefficient (Wildman–Crippen LogP) is 3.57. The maximum atomic E-state index is 13.0. The number of nitrogens with zero attached hydrogens (tertiary/aromatic N) is 1. The molecule has 2 N–H and O–H groups in total. The topological polar surface area (TPSA) is 70.7 Å². The van der Waals surface area contributed by atoms with Crippen LogP contribution in [0.15, 0.2) is 24.3 Å². The molecule has 1 aliphatic heterocycles. The van der Waals surface area contributed by atoms with Gasteiger partial charge in [-0.3, -0.25) is 14.5 Å². The second-order valence-electron chi connectivity index (χ2n) is 10.7. The summed E-state index contributed by atoms with van der Waals surface area (Å²) < 4.78 is 5.40. The van der Waals surface area contributed by atoms with Gasteiger partial charge in [0.25, 0.3) is 0 Å². The molecule has 2 amide bonds. The highest BCUT2D eigenvalue weighted by Crippen LogP contribution is 2.60. The average Bonchev–Trinajstić information content (AvgIpc) is 2.78. The Kier molecular flexibility index (Phi) is 6.51. The highest BCUT2D eigenvalue weighted by atomic mass is 16.5. The van der Waals surface area contributed by atoms with Gasteiger partial charge in [-0.1, -0.05) is 12.1 Å². The van der Waals surface area contributed by atoms with Crippen LogP contribution >= 0.6 is 0 Å². The van der Waals surface area contributed by atoms with E-state index in [4.69, 9.17) is 4.74 Å². The Balaban J connectivity index is 1.02. The van der Waals surface area contributed by atoms with Crippen LogP contribution < -0.4 is 10.6 Å². The zero-order chi connectivity index (χ0) is 22.0. The van der Waals surface area contributed by atoms with Crippen molar-refractivity contribution in [2.45, 2.75) is 57.9 Å². The van der Waals surface area contributed by atoms with Crippen LogP contribution in [0.3, 0.4) is 0 Å². The van der Waals surface area contributed by atoms with Crippen molar-refractivity contribution in [2.24, 2.45) is 23.2 Å². The summed E-state index contributed by atoms with van der Waals surface area (Å²) in [6, 6.07) is 8.11. The van der Waals surface area contributed by atoms with Crippen LogP contribution in [0, 0.1) is 23.2 Å². The molecule has 0 atom stereocenters. The SMILES string of the molecule is O=C(CCCNC(=O)C12CC3CC(CC(C3)C1)C2)Nc1ccc(CN2CCOCC2)cc1. The van der Waals surface area contributed by atoms with Gasteiger partial charge in [-0.05, 0) is 80.4 Å². The first kappa shape index (κ1) is 21.9. The van der Waals surface area contributed by atoms with Gasteiger partial charge in [-0.15, -0.1) is 0 Å². The lowest BCUT2D eigenvalue weighted by atomic mass is 9.49. The molecule has 0 unspecified atom stereocenters.